The molecule has 94 valence electrons. The Bertz CT molecular complexity index is 826. The molecule has 3 N–H and O–H groups in total. The lowest BCUT2D eigenvalue weighted by molar-refractivity contribution is 0.0700. The Morgan fingerprint density at radius 3 is 2.53 bits per heavy atom. The molecule has 1 aromatic heterocycles. The van der Waals surface area contributed by atoms with Crippen molar-refractivity contribution in [3.63, 3.8) is 0 Å². The Morgan fingerprint density at radius 2 is 1.79 bits per heavy atom. The molecule has 5 nitrogen and oxygen atoms in total. The third-order valence-electron chi connectivity index (χ3n) is 2.96. The number of nitrogens with zero attached hydrogens (tertiary/aromatic N) is 1. The second-order valence-corrected chi connectivity index (χ2v) is 4.17. The zero-order valence-electron chi connectivity index (χ0n) is 9.66. The second kappa shape index (κ2) is 3.84. The summed E-state index contributed by atoms with van der Waals surface area (Å²) in [5, 5.41) is 29.3. The molecule has 3 aromatic rings. The number of aromatic nitrogens is 1. The van der Waals surface area contributed by atoms with Crippen LogP contribution in [0.15, 0.2) is 36.4 Å². The highest BCUT2D eigenvalue weighted by Crippen LogP contribution is 2.34. The van der Waals surface area contributed by atoms with Crippen LogP contribution in [0, 0.1) is 0 Å². The first kappa shape index (κ1) is 11.3. The maximum absolute atomic E-state index is 11.5. The van der Waals surface area contributed by atoms with E-state index in [-0.39, 0.29) is 28.0 Å². The molecule has 0 spiro atoms. The van der Waals surface area contributed by atoms with Gasteiger partial charge in [-0.05, 0) is 6.07 Å². The summed E-state index contributed by atoms with van der Waals surface area (Å²) in [7, 11) is 0. The summed E-state index contributed by atoms with van der Waals surface area (Å²) in [5.41, 5.74) is 0.726. The van der Waals surface area contributed by atoms with E-state index in [0.29, 0.717) is 10.9 Å². The Balaban J connectivity index is 2.63. The average molecular weight is 255 g/mol. The molecule has 3 rings (SSSR count). The number of para-hydroxylation sites is 1. The molecule has 5 heteroatoms. The van der Waals surface area contributed by atoms with Crippen LogP contribution in [0.25, 0.3) is 21.8 Å². The maximum atomic E-state index is 11.5. The lowest BCUT2D eigenvalue weighted by Gasteiger charge is -2.09. The molecule has 19 heavy (non-hydrogen) atoms. The van der Waals surface area contributed by atoms with Crippen molar-refractivity contribution in [1.82, 2.24) is 4.98 Å². The third-order valence-corrected chi connectivity index (χ3v) is 2.96. The van der Waals surface area contributed by atoms with Gasteiger partial charge in [-0.3, -0.25) is 0 Å². The summed E-state index contributed by atoms with van der Waals surface area (Å²) in [4.78, 5) is 15.7. The van der Waals surface area contributed by atoms with Crippen molar-refractivity contribution in [3.8, 4) is 11.5 Å². The predicted octanol–water partition coefficient (Wildman–Crippen LogP) is 2.50. The summed E-state index contributed by atoms with van der Waals surface area (Å²) in [6.07, 6.45) is 0. The molecular formula is C14H9NO4. The minimum Gasteiger partial charge on any atom is -0.508 e. The number of carbonyl (C=O) groups is 1. The van der Waals surface area contributed by atoms with Gasteiger partial charge in [0.15, 0.2) is 0 Å². The summed E-state index contributed by atoms with van der Waals surface area (Å²) in [6, 6.07) is 9.20. The highest BCUT2D eigenvalue weighted by molar-refractivity contribution is 6.15. The fraction of sp³-hybridized carbons (Fsp3) is 0. The molecule has 0 saturated heterocycles. The minimum absolute atomic E-state index is 0.0156. The molecule has 0 aliphatic carbocycles. The first-order valence-electron chi connectivity index (χ1n) is 5.55. The van der Waals surface area contributed by atoms with Gasteiger partial charge in [0.2, 0.25) is 0 Å². The molecule has 0 fully saturated rings. The number of phenolic OH excluding ortho intramolecular Hbond substituents is 2. The van der Waals surface area contributed by atoms with Crippen LogP contribution in [0.2, 0.25) is 0 Å². The molecule has 0 radical (unpaired) electrons. The zero-order chi connectivity index (χ0) is 13.6. The van der Waals surface area contributed by atoms with Crippen LogP contribution in [0.3, 0.4) is 0 Å². The van der Waals surface area contributed by atoms with E-state index >= 15 is 0 Å². The van der Waals surface area contributed by atoms with Gasteiger partial charge in [-0.1, -0.05) is 18.2 Å². The van der Waals surface area contributed by atoms with Crippen LogP contribution in [-0.2, 0) is 0 Å². The first-order chi connectivity index (χ1) is 9.08. The molecule has 0 atom stereocenters. The highest BCUT2D eigenvalue weighted by Gasteiger charge is 2.18. The fourth-order valence-electron chi connectivity index (χ4n) is 2.21. The molecule has 2 aromatic carbocycles. The Labute approximate surface area is 107 Å². The number of carboxylic acid groups (broad SMARTS) is 1. The number of pyridine rings is 1. The van der Waals surface area contributed by atoms with Crippen molar-refractivity contribution in [2.24, 2.45) is 0 Å². The van der Waals surface area contributed by atoms with Crippen LogP contribution in [-0.4, -0.2) is 26.3 Å². The average Bonchev–Trinajstić information content (AvgIpc) is 2.35. The number of hydrogen-bond acceptors (Lipinski definition) is 4. The summed E-state index contributed by atoms with van der Waals surface area (Å²) in [5.74, 6) is -1.61. The van der Waals surface area contributed by atoms with E-state index in [1.54, 1.807) is 24.3 Å². The molecule has 0 saturated carbocycles. The minimum atomic E-state index is -1.15. The van der Waals surface area contributed by atoms with Gasteiger partial charge in [-0.2, -0.15) is 0 Å². The van der Waals surface area contributed by atoms with E-state index in [1.165, 1.54) is 6.07 Å². The largest absolute Gasteiger partial charge is 0.508 e. The summed E-state index contributed by atoms with van der Waals surface area (Å²) >= 11 is 0. The van der Waals surface area contributed by atoms with Crippen molar-refractivity contribution in [3.05, 3.63) is 42.0 Å². The number of hydrogen-bond donors (Lipinski definition) is 3. The molecule has 0 bridgehead atoms. The van der Waals surface area contributed by atoms with E-state index in [9.17, 15) is 20.1 Å². The summed E-state index contributed by atoms with van der Waals surface area (Å²) < 4.78 is 0. The Morgan fingerprint density at radius 1 is 1.05 bits per heavy atom. The standard InChI is InChI=1S/C14H9NO4/c16-7-5-10-13(11(17)6-7)12(14(18)19)8-3-1-2-4-9(8)15-10/h1-6,16-17H,(H,18,19). The highest BCUT2D eigenvalue weighted by atomic mass is 16.4. The number of aromatic carboxylic acids is 1. The Hall–Kier alpha value is -2.82. The SMILES string of the molecule is O=C(O)c1c2ccccc2nc2cc(O)cc(O)c12. The van der Waals surface area contributed by atoms with Crippen LogP contribution in [0.4, 0.5) is 0 Å². The lowest BCUT2D eigenvalue weighted by Crippen LogP contribution is -2.01. The number of fused-ring (bicyclic) bond motifs is 2. The van der Waals surface area contributed by atoms with E-state index in [0.717, 1.165) is 6.07 Å². The third kappa shape index (κ3) is 1.63. The van der Waals surface area contributed by atoms with E-state index in [1.807, 2.05) is 0 Å². The molecular weight excluding hydrogens is 246 g/mol. The smallest absolute Gasteiger partial charge is 0.337 e. The number of rotatable bonds is 1. The summed E-state index contributed by atoms with van der Waals surface area (Å²) in [6.45, 7) is 0. The topological polar surface area (TPSA) is 90.7 Å². The van der Waals surface area contributed by atoms with Crippen molar-refractivity contribution in [2.45, 2.75) is 0 Å². The van der Waals surface area contributed by atoms with Gasteiger partial charge in [0.25, 0.3) is 0 Å². The Kier molecular flexibility index (Phi) is 2.28. The zero-order valence-corrected chi connectivity index (χ0v) is 9.66. The van der Waals surface area contributed by atoms with Crippen molar-refractivity contribution in [2.75, 3.05) is 0 Å². The predicted molar refractivity (Wildman–Crippen MR) is 69.5 cm³/mol. The number of benzene rings is 2. The number of aromatic hydroxyl groups is 2. The lowest BCUT2D eigenvalue weighted by atomic mass is 10.0. The monoisotopic (exact) mass is 255 g/mol. The van der Waals surface area contributed by atoms with Crippen molar-refractivity contribution >= 4 is 27.8 Å². The van der Waals surface area contributed by atoms with Crippen LogP contribution in [0.1, 0.15) is 10.4 Å². The fourth-order valence-corrected chi connectivity index (χ4v) is 2.21. The van der Waals surface area contributed by atoms with Gasteiger partial charge in [0.1, 0.15) is 11.5 Å². The second-order valence-electron chi connectivity index (χ2n) is 4.17. The molecule has 0 aliphatic rings. The van der Waals surface area contributed by atoms with Crippen molar-refractivity contribution < 1.29 is 20.1 Å². The van der Waals surface area contributed by atoms with Gasteiger partial charge >= 0.3 is 5.97 Å². The van der Waals surface area contributed by atoms with Gasteiger partial charge in [0.05, 0.1) is 22.0 Å². The first-order valence-corrected chi connectivity index (χ1v) is 5.55. The quantitative estimate of drug-likeness (QED) is 0.581. The van der Waals surface area contributed by atoms with E-state index in [2.05, 4.69) is 4.98 Å². The molecule has 0 aliphatic heterocycles. The number of phenols is 2. The molecule has 0 unspecified atom stereocenters. The van der Waals surface area contributed by atoms with Crippen molar-refractivity contribution in [1.29, 1.82) is 0 Å². The van der Waals surface area contributed by atoms with Crippen LogP contribution >= 0.6 is 0 Å². The van der Waals surface area contributed by atoms with Gasteiger partial charge in [-0.25, -0.2) is 9.78 Å². The normalized spacial score (nSPS) is 10.9. The maximum Gasteiger partial charge on any atom is 0.337 e. The van der Waals surface area contributed by atoms with E-state index < -0.39 is 5.97 Å². The van der Waals surface area contributed by atoms with Gasteiger partial charge in [0, 0.05) is 17.5 Å². The van der Waals surface area contributed by atoms with Gasteiger partial charge < -0.3 is 15.3 Å². The molecule has 0 amide bonds. The van der Waals surface area contributed by atoms with Gasteiger partial charge in [-0.15, -0.1) is 0 Å². The van der Waals surface area contributed by atoms with E-state index in [4.69, 9.17) is 0 Å². The number of carboxylic acids is 1. The van der Waals surface area contributed by atoms with Crippen LogP contribution in [0.5, 0.6) is 11.5 Å². The molecule has 1 heterocycles. The van der Waals surface area contributed by atoms with Crippen LogP contribution < -0.4 is 0 Å².